The first kappa shape index (κ1) is 18.0. The number of Topliss-reactive ketones (excluding diaryl/α,β-unsaturated/α-hetero) is 1. The largest absolute Gasteiger partial charge is 0.493 e. The van der Waals surface area contributed by atoms with Gasteiger partial charge in [0.1, 0.15) is 0 Å². The van der Waals surface area contributed by atoms with Gasteiger partial charge < -0.3 is 9.47 Å². The van der Waals surface area contributed by atoms with Gasteiger partial charge in [0, 0.05) is 29.3 Å². The summed E-state index contributed by atoms with van der Waals surface area (Å²) in [6.45, 7) is 3.93. The summed E-state index contributed by atoms with van der Waals surface area (Å²) in [5.41, 5.74) is 5.09. The van der Waals surface area contributed by atoms with Crippen LogP contribution < -0.4 is 9.47 Å². The van der Waals surface area contributed by atoms with E-state index < -0.39 is 0 Å². The fourth-order valence-corrected chi connectivity index (χ4v) is 3.59. The van der Waals surface area contributed by atoms with E-state index >= 15 is 0 Å². The Labute approximate surface area is 163 Å². The molecule has 1 aromatic carbocycles. The molecule has 4 rings (SSSR count). The number of carbonyl (C=O) groups excluding carboxylic acids is 1. The zero-order valence-corrected chi connectivity index (χ0v) is 16.3. The third-order valence-corrected chi connectivity index (χ3v) is 5.06. The molecule has 0 unspecified atom stereocenters. The van der Waals surface area contributed by atoms with Crippen LogP contribution in [0.2, 0.25) is 0 Å². The average Bonchev–Trinajstić information content (AvgIpc) is 3.18. The van der Waals surface area contributed by atoms with Crippen LogP contribution >= 0.6 is 0 Å². The van der Waals surface area contributed by atoms with Crippen LogP contribution in [0.4, 0.5) is 0 Å². The lowest BCUT2D eigenvalue weighted by Crippen LogP contribution is -2.01. The first-order valence-corrected chi connectivity index (χ1v) is 9.01. The van der Waals surface area contributed by atoms with E-state index in [2.05, 4.69) is 10.1 Å². The number of hydrogen-bond acceptors (Lipinski definition) is 5. The van der Waals surface area contributed by atoms with Crippen LogP contribution in [0, 0.1) is 13.8 Å². The van der Waals surface area contributed by atoms with Gasteiger partial charge in [-0.2, -0.15) is 5.10 Å². The van der Waals surface area contributed by atoms with E-state index in [0.717, 1.165) is 33.9 Å². The van der Waals surface area contributed by atoms with Gasteiger partial charge in [-0.15, -0.1) is 0 Å². The second-order valence-corrected chi connectivity index (χ2v) is 6.72. The van der Waals surface area contributed by atoms with Gasteiger partial charge in [0.05, 0.1) is 25.6 Å². The van der Waals surface area contributed by atoms with Gasteiger partial charge in [-0.1, -0.05) is 6.07 Å². The number of carbonyl (C=O) groups is 1. The van der Waals surface area contributed by atoms with Gasteiger partial charge in [-0.05, 0) is 49.8 Å². The maximum atomic E-state index is 13.0. The van der Waals surface area contributed by atoms with Crippen molar-refractivity contribution in [1.29, 1.82) is 0 Å². The van der Waals surface area contributed by atoms with Crippen LogP contribution in [-0.4, -0.2) is 34.8 Å². The molecule has 0 amide bonds. The number of fused-ring (bicyclic) bond motifs is 1. The molecule has 1 aliphatic rings. The van der Waals surface area contributed by atoms with Gasteiger partial charge in [0.25, 0.3) is 0 Å². The molecule has 0 bridgehead atoms. The minimum atomic E-state index is 0.0142. The van der Waals surface area contributed by atoms with E-state index in [9.17, 15) is 4.79 Å². The Kier molecular flexibility index (Phi) is 4.47. The maximum Gasteiger partial charge on any atom is 0.189 e. The number of benzene rings is 1. The lowest BCUT2D eigenvalue weighted by atomic mass is 10.1. The molecule has 0 N–H and O–H groups in total. The molecule has 28 heavy (non-hydrogen) atoms. The summed E-state index contributed by atoms with van der Waals surface area (Å²) < 4.78 is 12.5. The zero-order chi connectivity index (χ0) is 19.8. The smallest absolute Gasteiger partial charge is 0.189 e. The van der Waals surface area contributed by atoms with E-state index in [-0.39, 0.29) is 5.78 Å². The average molecular weight is 375 g/mol. The van der Waals surface area contributed by atoms with E-state index in [1.165, 1.54) is 0 Å². The monoisotopic (exact) mass is 375 g/mol. The molecule has 3 aromatic rings. The minimum absolute atomic E-state index is 0.0142. The van der Waals surface area contributed by atoms with Crippen molar-refractivity contribution >= 4 is 11.9 Å². The Morgan fingerprint density at radius 3 is 2.54 bits per heavy atom. The number of ketones is 1. The number of aromatic nitrogens is 3. The van der Waals surface area contributed by atoms with Gasteiger partial charge in [0.15, 0.2) is 23.1 Å². The first-order chi connectivity index (χ1) is 13.5. The van der Waals surface area contributed by atoms with Gasteiger partial charge in [0.2, 0.25) is 0 Å². The third kappa shape index (κ3) is 2.87. The zero-order valence-electron chi connectivity index (χ0n) is 16.3. The number of ether oxygens (including phenoxy) is 2. The van der Waals surface area contributed by atoms with Crippen molar-refractivity contribution in [2.75, 3.05) is 14.2 Å². The normalized spacial score (nSPS) is 14.4. The molecule has 0 atom stereocenters. The Morgan fingerprint density at radius 1 is 1.11 bits per heavy atom. The third-order valence-electron chi connectivity index (χ3n) is 5.06. The maximum absolute atomic E-state index is 13.0. The molecule has 142 valence electrons. The summed E-state index contributed by atoms with van der Waals surface area (Å²) in [6.07, 6.45) is 4.24. The second kappa shape index (κ2) is 6.96. The van der Waals surface area contributed by atoms with E-state index in [4.69, 9.17) is 9.47 Å². The van der Waals surface area contributed by atoms with Crippen LogP contribution in [0.15, 0.2) is 42.1 Å². The van der Waals surface area contributed by atoms with E-state index in [1.54, 1.807) is 31.2 Å². The number of hydrogen-bond donors (Lipinski definition) is 0. The van der Waals surface area contributed by atoms with Crippen molar-refractivity contribution in [3.63, 3.8) is 0 Å². The summed E-state index contributed by atoms with van der Waals surface area (Å²) in [5, 5.41) is 4.61. The molecular weight excluding hydrogens is 354 g/mol. The molecule has 0 aliphatic heterocycles. The molecule has 6 heteroatoms. The molecule has 0 saturated carbocycles. The lowest BCUT2D eigenvalue weighted by Gasteiger charge is -2.08. The van der Waals surface area contributed by atoms with Crippen molar-refractivity contribution in [3.05, 3.63) is 70.2 Å². The van der Waals surface area contributed by atoms with Crippen molar-refractivity contribution in [1.82, 2.24) is 14.8 Å². The lowest BCUT2D eigenvalue weighted by molar-refractivity contribution is 0.104. The van der Waals surface area contributed by atoms with Crippen molar-refractivity contribution in [3.8, 4) is 17.3 Å². The van der Waals surface area contributed by atoms with Gasteiger partial charge in [-0.25, -0.2) is 9.67 Å². The number of nitrogens with zero attached hydrogens (tertiary/aromatic N) is 3. The number of rotatable bonds is 4. The van der Waals surface area contributed by atoms with Gasteiger partial charge >= 0.3 is 0 Å². The number of methoxy groups -OCH3 is 2. The Morgan fingerprint density at radius 2 is 1.86 bits per heavy atom. The predicted octanol–water partition coefficient (Wildman–Crippen LogP) is 3.72. The first-order valence-electron chi connectivity index (χ1n) is 9.01. The molecule has 0 fully saturated rings. The Hall–Kier alpha value is -3.41. The van der Waals surface area contributed by atoms with Crippen molar-refractivity contribution in [2.24, 2.45) is 0 Å². The van der Waals surface area contributed by atoms with Crippen molar-refractivity contribution < 1.29 is 14.3 Å². The molecule has 0 saturated heterocycles. The molecule has 0 radical (unpaired) electrons. The van der Waals surface area contributed by atoms with E-state index in [1.807, 2.05) is 44.2 Å². The Bertz CT molecular complexity index is 1100. The molecule has 2 heterocycles. The van der Waals surface area contributed by atoms with Crippen LogP contribution in [-0.2, 0) is 6.42 Å². The number of aryl methyl sites for hydroxylation is 1. The highest BCUT2D eigenvalue weighted by Crippen LogP contribution is 2.37. The summed E-state index contributed by atoms with van der Waals surface area (Å²) in [7, 11) is 3.16. The van der Waals surface area contributed by atoms with Crippen molar-refractivity contribution in [2.45, 2.75) is 20.3 Å². The fourth-order valence-electron chi connectivity index (χ4n) is 3.59. The van der Waals surface area contributed by atoms with Crippen LogP contribution in [0.25, 0.3) is 11.9 Å². The minimum Gasteiger partial charge on any atom is -0.493 e. The summed E-state index contributed by atoms with van der Waals surface area (Å²) in [5.74, 6) is 1.96. The van der Waals surface area contributed by atoms with Crippen LogP contribution in [0.5, 0.6) is 11.5 Å². The SMILES string of the molecule is COc1cc2c(cc1OC)C(=O)/C(=C\c1c(C)nn(-c3ccccn3)c1C)C2. The Balaban J connectivity index is 1.75. The molecule has 6 nitrogen and oxygen atoms in total. The number of pyridine rings is 1. The van der Waals surface area contributed by atoms with Crippen LogP contribution in [0.1, 0.15) is 32.9 Å². The standard InChI is InChI=1S/C22H21N3O3/c1-13-17(14(2)25(24-13)21-7-5-6-8-23-21)10-16-9-15-11-19(27-3)20(28-4)12-18(15)22(16)26/h5-8,10-12H,9H2,1-4H3/b16-10-. The summed E-state index contributed by atoms with van der Waals surface area (Å²) in [4.78, 5) is 17.3. The molecule has 2 aromatic heterocycles. The number of allylic oxidation sites excluding steroid dienone is 1. The highest BCUT2D eigenvalue weighted by Gasteiger charge is 2.28. The predicted molar refractivity (Wildman–Crippen MR) is 106 cm³/mol. The summed E-state index contributed by atoms with van der Waals surface area (Å²) in [6, 6.07) is 9.34. The highest BCUT2D eigenvalue weighted by molar-refractivity contribution is 6.16. The van der Waals surface area contributed by atoms with Gasteiger partial charge in [-0.3, -0.25) is 4.79 Å². The molecular formula is C22H21N3O3. The fraction of sp³-hybridized carbons (Fsp3) is 0.227. The quantitative estimate of drug-likeness (QED) is 0.650. The molecule has 1 aliphatic carbocycles. The van der Waals surface area contributed by atoms with E-state index in [0.29, 0.717) is 23.5 Å². The molecule has 0 spiro atoms. The topological polar surface area (TPSA) is 66.2 Å². The summed E-state index contributed by atoms with van der Waals surface area (Å²) >= 11 is 0. The highest BCUT2D eigenvalue weighted by atomic mass is 16.5. The second-order valence-electron chi connectivity index (χ2n) is 6.72. The van der Waals surface area contributed by atoms with Crippen LogP contribution in [0.3, 0.4) is 0 Å².